The summed E-state index contributed by atoms with van der Waals surface area (Å²) in [5, 5.41) is 0. The number of hydrogen-bond acceptors (Lipinski definition) is 7. The summed E-state index contributed by atoms with van der Waals surface area (Å²) in [6, 6.07) is 0. The Hall–Kier alpha value is -0.0100. The largest absolute Gasteiger partial charge is 0.556 e. The molecule has 0 rings (SSSR count). The van der Waals surface area contributed by atoms with Crippen molar-refractivity contribution < 1.29 is 33.3 Å². The van der Waals surface area contributed by atoms with Crippen LogP contribution >= 0.6 is 7.82 Å². The van der Waals surface area contributed by atoms with Crippen LogP contribution in [0.2, 0.25) is 0 Å². The maximum Gasteiger partial charge on any atom is 0.556 e. The second-order valence-corrected chi connectivity index (χ2v) is 3.23. The van der Waals surface area contributed by atoms with Gasteiger partial charge < -0.3 is 0 Å². The first kappa shape index (κ1) is 14.0. The summed E-state index contributed by atoms with van der Waals surface area (Å²) < 4.78 is 24.5. The van der Waals surface area contributed by atoms with E-state index in [0.717, 1.165) is 0 Å². The third-order valence-electron chi connectivity index (χ3n) is 0.786. The molecule has 0 fully saturated rings. The van der Waals surface area contributed by atoms with Crippen LogP contribution in [0.4, 0.5) is 0 Å². The molecule has 0 spiro atoms. The van der Waals surface area contributed by atoms with Crippen LogP contribution in [-0.4, -0.2) is 19.8 Å². The molecule has 0 aliphatic carbocycles. The molecule has 0 saturated heterocycles. The van der Waals surface area contributed by atoms with Gasteiger partial charge in [0.25, 0.3) is 0 Å². The van der Waals surface area contributed by atoms with Crippen LogP contribution in [0.1, 0.15) is 20.8 Å². The molecule has 0 amide bonds. The van der Waals surface area contributed by atoms with Gasteiger partial charge in [-0.15, -0.1) is 14.0 Å². The molecular weight excluding hydrogens is 215 g/mol. The Morgan fingerprint density at radius 2 is 1.07 bits per heavy atom. The van der Waals surface area contributed by atoms with Gasteiger partial charge in [-0.2, -0.15) is 0 Å². The van der Waals surface area contributed by atoms with Gasteiger partial charge in [-0.1, -0.05) is 0 Å². The lowest BCUT2D eigenvalue weighted by Gasteiger charge is -2.12. The molecule has 0 N–H and O–H groups in total. The van der Waals surface area contributed by atoms with E-state index in [4.69, 9.17) is 0 Å². The molecule has 0 aliphatic heterocycles. The van der Waals surface area contributed by atoms with Crippen molar-refractivity contribution in [3.8, 4) is 0 Å². The van der Waals surface area contributed by atoms with E-state index in [0.29, 0.717) is 0 Å². The summed E-state index contributed by atoms with van der Waals surface area (Å²) in [6.45, 7) is 5.50. The highest BCUT2D eigenvalue weighted by Gasteiger charge is 2.31. The van der Waals surface area contributed by atoms with E-state index >= 15 is 0 Å². The third kappa shape index (κ3) is 6.44. The van der Waals surface area contributed by atoms with Crippen molar-refractivity contribution in [3.05, 3.63) is 0 Å². The molecule has 0 atom stereocenters. The summed E-state index contributed by atoms with van der Waals surface area (Å²) in [7, 11) is -3.94. The summed E-state index contributed by atoms with van der Waals surface area (Å²) in [6.07, 6.45) is 0. The fourth-order valence-corrected chi connectivity index (χ4v) is 1.17. The Balaban J connectivity index is 3.97. The van der Waals surface area contributed by atoms with E-state index in [-0.39, 0.29) is 19.8 Å². The summed E-state index contributed by atoms with van der Waals surface area (Å²) in [5.41, 5.74) is 0. The second-order valence-electron chi connectivity index (χ2n) is 1.89. The highest BCUT2D eigenvalue weighted by atomic mass is 31.2. The first-order chi connectivity index (χ1) is 6.68. The Bertz CT molecular complexity index is 145. The summed E-state index contributed by atoms with van der Waals surface area (Å²) in [4.78, 5) is 13.3. The predicted molar refractivity (Wildman–Crippen MR) is 45.7 cm³/mol. The molecule has 0 saturated carbocycles. The molecule has 7 nitrogen and oxygen atoms in total. The molecule has 0 aliphatic rings. The number of phosphoric acid groups is 1. The summed E-state index contributed by atoms with van der Waals surface area (Å²) in [5.74, 6) is 0. The van der Waals surface area contributed by atoms with E-state index in [9.17, 15) is 4.57 Å². The lowest BCUT2D eigenvalue weighted by atomic mass is 10.9. The molecule has 0 aromatic heterocycles. The van der Waals surface area contributed by atoms with Crippen molar-refractivity contribution in [2.24, 2.45) is 0 Å². The van der Waals surface area contributed by atoms with Crippen LogP contribution in [0.15, 0.2) is 0 Å². The van der Waals surface area contributed by atoms with E-state index in [1.807, 2.05) is 0 Å². The average Bonchev–Trinajstić information content (AvgIpc) is 2.21. The molecule has 14 heavy (non-hydrogen) atoms. The minimum atomic E-state index is -3.94. The molecule has 0 bridgehead atoms. The van der Waals surface area contributed by atoms with E-state index in [2.05, 4.69) is 28.7 Å². The fraction of sp³-hybridized carbons (Fsp3) is 1.00. The highest BCUT2D eigenvalue weighted by Crippen LogP contribution is 2.49. The number of hydrogen-bond donors (Lipinski definition) is 0. The third-order valence-corrected chi connectivity index (χ3v) is 1.65. The first-order valence-electron chi connectivity index (χ1n) is 4.22. The van der Waals surface area contributed by atoms with Crippen LogP contribution in [0.5, 0.6) is 0 Å². The molecule has 0 radical (unpaired) electrons. The Labute approximate surface area is 82.6 Å². The lowest BCUT2D eigenvalue weighted by Crippen LogP contribution is -2.03. The van der Waals surface area contributed by atoms with Gasteiger partial charge in [0, 0.05) is 0 Å². The van der Waals surface area contributed by atoms with Gasteiger partial charge in [-0.25, -0.2) is 19.2 Å². The van der Waals surface area contributed by atoms with Crippen molar-refractivity contribution in [3.63, 3.8) is 0 Å². The topological polar surface area (TPSA) is 72.5 Å². The van der Waals surface area contributed by atoms with E-state index in [1.165, 1.54) is 0 Å². The SMILES string of the molecule is CCOOP(=O)(OOCC)OOCC. The Kier molecular flexibility index (Phi) is 8.30. The quantitative estimate of drug-likeness (QED) is 0.340. The van der Waals surface area contributed by atoms with E-state index < -0.39 is 7.82 Å². The van der Waals surface area contributed by atoms with Gasteiger partial charge in [-0.05, 0) is 20.8 Å². The Morgan fingerprint density at radius 3 is 1.29 bits per heavy atom. The second kappa shape index (κ2) is 8.31. The molecular formula is C6H15O7P. The maximum absolute atomic E-state index is 11.4. The van der Waals surface area contributed by atoms with Crippen LogP contribution in [0.25, 0.3) is 0 Å². The van der Waals surface area contributed by atoms with Crippen molar-refractivity contribution in [2.45, 2.75) is 20.8 Å². The fourth-order valence-electron chi connectivity index (χ4n) is 0.389. The molecule has 0 aromatic carbocycles. The molecule has 0 aromatic rings. The highest BCUT2D eigenvalue weighted by molar-refractivity contribution is 7.48. The van der Waals surface area contributed by atoms with Crippen LogP contribution in [-0.2, 0) is 33.3 Å². The molecule has 8 heteroatoms. The first-order valence-corrected chi connectivity index (χ1v) is 5.68. The van der Waals surface area contributed by atoms with Gasteiger partial charge in [0.2, 0.25) is 0 Å². The zero-order valence-electron chi connectivity index (χ0n) is 8.43. The normalized spacial score (nSPS) is 11.9. The minimum absolute atomic E-state index is 0.189. The van der Waals surface area contributed by atoms with Gasteiger partial charge >= 0.3 is 7.82 Å². The van der Waals surface area contributed by atoms with Gasteiger partial charge in [0.05, 0.1) is 19.8 Å². The van der Waals surface area contributed by atoms with Gasteiger partial charge in [0.15, 0.2) is 0 Å². The van der Waals surface area contributed by atoms with Crippen LogP contribution < -0.4 is 0 Å². The monoisotopic (exact) mass is 230 g/mol. The van der Waals surface area contributed by atoms with Crippen molar-refractivity contribution >= 4 is 7.82 Å². The molecule has 0 unspecified atom stereocenters. The molecule has 86 valence electrons. The van der Waals surface area contributed by atoms with E-state index in [1.54, 1.807) is 20.8 Å². The van der Waals surface area contributed by atoms with Crippen LogP contribution in [0, 0.1) is 0 Å². The predicted octanol–water partition coefficient (Wildman–Crippen LogP) is 2.00. The minimum Gasteiger partial charge on any atom is -0.227 e. The van der Waals surface area contributed by atoms with Crippen LogP contribution in [0.3, 0.4) is 0 Å². The van der Waals surface area contributed by atoms with Gasteiger partial charge in [-0.3, -0.25) is 0 Å². The number of rotatable bonds is 9. The van der Waals surface area contributed by atoms with Crippen molar-refractivity contribution in [1.82, 2.24) is 0 Å². The zero-order valence-corrected chi connectivity index (χ0v) is 9.32. The standard InChI is InChI=1S/C6H15O7P/c1-4-8-11-14(7,12-9-5-2)13-10-6-3/h4-6H2,1-3H3. The van der Waals surface area contributed by atoms with Crippen molar-refractivity contribution in [2.75, 3.05) is 19.8 Å². The van der Waals surface area contributed by atoms with Crippen molar-refractivity contribution in [1.29, 1.82) is 0 Å². The smallest absolute Gasteiger partial charge is 0.227 e. The lowest BCUT2D eigenvalue weighted by molar-refractivity contribution is -0.321. The van der Waals surface area contributed by atoms with Gasteiger partial charge in [0.1, 0.15) is 0 Å². The Morgan fingerprint density at radius 1 is 0.786 bits per heavy atom. The summed E-state index contributed by atoms with van der Waals surface area (Å²) >= 11 is 0. The zero-order chi connectivity index (χ0) is 10.9. The maximum atomic E-state index is 11.4. The molecule has 0 heterocycles. The average molecular weight is 230 g/mol.